The Morgan fingerprint density at radius 3 is 2.84 bits per heavy atom. The Labute approximate surface area is 112 Å². The number of hydrogen-bond donors (Lipinski definition) is 1. The zero-order valence-corrected chi connectivity index (χ0v) is 10.7. The first kappa shape index (κ1) is 12.0. The third kappa shape index (κ3) is 2.06. The lowest BCUT2D eigenvalue weighted by molar-refractivity contribution is -0.138. The van der Waals surface area contributed by atoms with Crippen LogP contribution in [0.5, 0.6) is 0 Å². The average Bonchev–Trinajstić information content (AvgIpc) is 3.04. The van der Waals surface area contributed by atoms with Gasteiger partial charge in [0, 0.05) is 30.5 Å². The topological polar surface area (TPSA) is 64.3 Å². The third-order valence-electron chi connectivity index (χ3n) is 4.29. The summed E-state index contributed by atoms with van der Waals surface area (Å²) in [6, 6.07) is 9.63. The molecule has 0 amide bonds. The molecule has 1 heterocycles. The number of anilines is 1. The van der Waals surface area contributed by atoms with Crippen LogP contribution in [0.2, 0.25) is 0 Å². The molecule has 1 unspecified atom stereocenters. The van der Waals surface area contributed by atoms with E-state index in [4.69, 9.17) is 5.26 Å². The van der Waals surface area contributed by atoms with Gasteiger partial charge in [-0.1, -0.05) is 18.2 Å². The molecule has 0 radical (unpaired) electrons. The summed E-state index contributed by atoms with van der Waals surface area (Å²) in [5, 5.41) is 18.3. The predicted octanol–water partition coefficient (Wildman–Crippen LogP) is 2.20. The Morgan fingerprint density at radius 1 is 1.47 bits per heavy atom. The first-order valence-corrected chi connectivity index (χ1v) is 6.59. The smallest absolute Gasteiger partial charge is 0.326 e. The van der Waals surface area contributed by atoms with E-state index in [2.05, 4.69) is 6.07 Å². The molecule has 4 nitrogen and oxygen atoms in total. The monoisotopic (exact) mass is 256 g/mol. The van der Waals surface area contributed by atoms with Gasteiger partial charge in [0.25, 0.3) is 0 Å². The van der Waals surface area contributed by atoms with Gasteiger partial charge in [0.1, 0.15) is 6.04 Å². The summed E-state index contributed by atoms with van der Waals surface area (Å²) in [5.74, 6) is -0.774. The van der Waals surface area contributed by atoms with Crippen LogP contribution >= 0.6 is 0 Å². The van der Waals surface area contributed by atoms with Gasteiger partial charge in [0.05, 0.1) is 6.07 Å². The first-order chi connectivity index (χ1) is 9.15. The minimum Gasteiger partial charge on any atom is -0.480 e. The lowest BCUT2D eigenvalue weighted by Gasteiger charge is -2.28. The molecule has 1 atom stereocenters. The van der Waals surface area contributed by atoms with Crippen LogP contribution in [0.1, 0.15) is 24.8 Å². The Bertz CT molecular complexity index is 558. The normalized spacial score (nSPS) is 22.7. The van der Waals surface area contributed by atoms with Crippen molar-refractivity contribution in [3.63, 3.8) is 0 Å². The van der Waals surface area contributed by atoms with Crippen molar-refractivity contribution in [2.75, 3.05) is 11.4 Å². The van der Waals surface area contributed by atoms with Crippen LogP contribution in [-0.4, -0.2) is 23.7 Å². The van der Waals surface area contributed by atoms with E-state index in [9.17, 15) is 9.90 Å². The second-order valence-corrected chi connectivity index (χ2v) is 5.65. The second-order valence-electron chi connectivity index (χ2n) is 5.65. The lowest BCUT2D eigenvalue weighted by Crippen LogP contribution is -2.42. The maximum absolute atomic E-state index is 11.4. The van der Waals surface area contributed by atoms with Gasteiger partial charge in [-0.3, -0.25) is 0 Å². The Morgan fingerprint density at radius 2 is 2.21 bits per heavy atom. The highest BCUT2D eigenvalue weighted by molar-refractivity contribution is 5.82. The molecule has 4 heteroatoms. The van der Waals surface area contributed by atoms with E-state index in [0.717, 1.165) is 24.1 Å². The van der Waals surface area contributed by atoms with Crippen LogP contribution in [0.15, 0.2) is 24.3 Å². The van der Waals surface area contributed by atoms with Gasteiger partial charge >= 0.3 is 5.97 Å². The number of carboxylic acids is 1. The Kier molecular flexibility index (Phi) is 2.70. The number of nitrogens with zero attached hydrogens (tertiary/aromatic N) is 2. The fourth-order valence-corrected chi connectivity index (χ4v) is 2.96. The molecule has 1 aliphatic heterocycles. The third-order valence-corrected chi connectivity index (χ3v) is 4.29. The van der Waals surface area contributed by atoms with Gasteiger partial charge < -0.3 is 10.0 Å². The highest BCUT2D eigenvalue weighted by Crippen LogP contribution is 2.51. The van der Waals surface area contributed by atoms with E-state index >= 15 is 0 Å². The number of nitriles is 1. The molecule has 2 aliphatic rings. The van der Waals surface area contributed by atoms with E-state index in [1.165, 1.54) is 0 Å². The van der Waals surface area contributed by atoms with Gasteiger partial charge in [0.15, 0.2) is 0 Å². The van der Waals surface area contributed by atoms with Crippen LogP contribution in [0.3, 0.4) is 0 Å². The largest absolute Gasteiger partial charge is 0.480 e. The van der Waals surface area contributed by atoms with Gasteiger partial charge in [0.2, 0.25) is 0 Å². The number of rotatable bonds is 4. The second kappa shape index (κ2) is 4.27. The fourth-order valence-electron chi connectivity index (χ4n) is 2.96. The van der Waals surface area contributed by atoms with Crippen molar-refractivity contribution < 1.29 is 9.90 Å². The van der Waals surface area contributed by atoms with E-state index < -0.39 is 12.0 Å². The molecule has 3 rings (SSSR count). The standard InChI is InChI=1S/C15H16N2O2/c16-8-7-15(5-6-15)10-17-12-4-2-1-3-11(12)9-13(17)14(18)19/h1-4,13H,5-7,9-10H2,(H,18,19). The van der Waals surface area contributed by atoms with E-state index in [-0.39, 0.29) is 5.41 Å². The zero-order chi connectivity index (χ0) is 13.5. The van der Waals surface area contributed by atoms with E-state index in [1.54, 1.807) is 0 Å². The van der Waals surface area contributed by atoms with Crippen LogP contribution in [-0.2, 0) is 11.2 Å². The molecule has 1 fully saturated rings. The fraction of sp³-hybridized carbons (Fsp3) is 0.467. The van der Waals surface area contributed by atoms with Gasteiger partial charge in [-0.05, 0) is 24.5 Å². The van der Waals surface area contributed by atoms with Crippen molar-refractivity contribution in [1.82, 2.24) is 0 Å². The molecule has 98 valence electrons. The number of hydrogen-bond acceptors (Lipinski definition) is 3. The molecule has 0 aromatic heterocycles. The van der Waals surface area contributed by atoms with Crippen LogP contribution in [0.4, 0.5) is 5.69 Å². The number of carbonyl (C=O) groups is 1. The summed E-state index contributed by atoms with van der Waals surface area (Å²) < 4.78 is 0. The van der Waals surface area contributed by atoms with Crippen molar-refractivity contribution in [3.05, 3.63) is 29.8 Å². The van der Waals surface area contributed by atoms with Crippen molar-refractivity contribution in [1.29, 1.82) is 5.26 Å². The molecular weight excluding hydrogens is 240 g/mol. The van der Waals surface area contributed by atoms with Gasteiger partial charge in [-0.25, -0.2) is 4.79 Å². The lowest BCUT2D eigenvalue weighted by atomic mass is 10.0. The van der Waals surface area contributed by atoms with E-state index in [1.807, 2.05) is 29.2 Å². The van der Waals surface area contributed by atoms with Crippen molar-refractivity contribution >= 4 is 11.7 Å². The molecular formula is C15H16N2O2. The Hall–Kier alpha value is -2.02. The maximum atomic E-state index is 11.4. The highest BCUT2D eigenvalue weighted by Gasteiger charge is 2.47. The van der Waals surface area contributed by atoms with Gasteiger partial charge in [-0.2, -0.15) is 5.26 Å². The Balaban J connectivity index is 1.88. The summed E-state index contributed by atoms with van der Waals surface area (Å²) in [5.41, 5.74) is 2.15. The maximum Gasteiger partial charge on any atom is 0.326 e. The molecule has 1 aromatic carbocycles. The molecule has 0 spiro atoms. The molecule has 1 aliphatic carbocycles. The van der Waals surface area contributed by atoms with Crippen LogP contribution in [0.25, 0.3) is 0 Å². The SMILES string of the molecule is N#CCC1(CN2c3ccccc3CC2C(=O)O)CC1. The van der Waals surface area contributed by atoms with Crippen molar-refractivity contribution in [2.24, 2.45) is 5.41 Å². The number of fused-ring (bicyclic) bond motifs is 1. The zero-order valence-electron chi connectivity index (χ0n) is 10.7. The van der Waals surface area contributed by atoms with Gasteiger partial charge in [-0.15, -0.1) is 0 Å². The molecule has 1 saturated carbocycles. The minimum atomic E-state index is -0.774. The molecule has 0 bridgehead atoms. The van der Waals surface area contributed by atoms with Crippen LogP contribution in [0, 0.1) is 16.7 Å². The molecule has 0 saturated heterocycles. The van der Waals surface area contributed by atoms with Crippen LogP contribution < -0.4 is 4.90 Å². The summed E-state index contributed by atoms with van der Waals surface area (Å²) in [7, 11) is 0. The number of benzene rings is 1. The number of para-hydroxylation sites is 1. The molecule has 1 N–H and O–H groups in total. The summed E-state index contributed by atoms with van der Waals surface area (Å²) in [6.45, 7) is 0.689. The van der Waals surface area contributed by atoms with Crippen molar-refractivity contribution in [3.8, 4) is 6.07 Å². The van der Waals surface area contributed by atoms with Crippen molar-refractivity contribution in [2.45, 2.75) is 31.7 Å². The molecule has 19 heavy (non-hydrogen) atoms. The first-order valence-electron chi connectivity index (χ1n) is 6.59. The summed E-state index contributed by atoms with van der Waals surface area (Å²) in [4.78, 5) is 13.4. The highest BCUT2D eigenvalue weighted by atomic mass is 16.4. The number of aliphatic carboxylic acids is 1. The predicted molar refractivity (Wildman–Crippen MR) is 70.8 cm³/mol. The average molecular weight is 256 g/mol. The summed E-state index contributed by atoms with van der Waals surface area (Å²) >= 11 is 0. The van der Waals surface area contributed by atoms with E-state index in [0.29, 0.717) is 19.4 Å². The molecule has 1 aromatic rings. The number of carboxylic acid groups (broad SMARTS) is 1. The minimum absolute atomic E-state index is 0.0277. The summed E-state index contributed by atoms with van der Waals surface area (Å²) in [6.07, 6.45) is 3.16. The quantitative estimate of drug-likeness (QED) is 0.897.